The lowest BCUT2D eigenvalue weighted by Crippen LogP contribution is -2.58. The summed E-state index contributed by atoms with van der Waals surface area (Å²) >= 11 is 0. The average molecular weight is 420 g/mol. The van der Waals surface area contributed by atoms with E-state index >= 15 is 0 Å². The molecule has 31 heavy (non-hydrogen) atoms. The molecule has 2 aromatic rings. The second kappa shape index (κ2) is 8.07. The van der Waals surface area contributed by atoms with Gasteiger partial charge in [0.25, 0.3) is 5.91 Å². The molecule has 6 heteroatoms. The van der Waals surface area contributed by atoms with Crippen molar-refractivity contribution in [2.45, 2.75) is 37.5 Å². The molecule has 1 aromatic heterocycles. The molecule has 4 aliphatic heterocycles. The largest absolute Gasteiger partial charge is 0.376 e. The molecule has 2 atom stereocenters. The number of hydrogen-bond acceptors (Lipinski definition) is 4. The number of carbonyl (C=O) groups is 1. The lowest BCUT2D eigenvalue weighted by Gasteiger charge is -2.47. The molecule has 4 aliphatic rings. The first kappa shape index (κ1) is 20.2. The topological polar surface area (TPSA) is 56.7 Å². The number of carbonyl (C=O) groups excluding carboxylic acids is 1. The van der Waals surface area contributed by atoms with Gasteiger partial charge in [-0.3, -0.25) is 14.6 Å². The van der Waals surface area contributed by atoms with Crippen LogP contribution in [0.1, 0.15) is 36.1 Å². The first-order chi connectivity index (χ1) is 15.0. The highest BCUT2D eigenvalue weighted by Crippen LogP contribution is 2.35. The van der Waals surface area contributed by atoms with Gasteiger partial charge in [-0.25, -0.2) is 9.37 Å². The number of nitrogens with zero attached hydrogens (tertiary/aromatic N) is 3. The van der Waals surface area contributed by atoms with Crippen molar-refractivity contribution < 1.29 is 14.3 Å². The van der Waals surface area contributed by atoms with Crippen molar-refractivity contribution in [3.8, 4) is 11.8 Å². The van der Waals surface area contributed by atoms with E-state index in [1.807, 2.05) is 36.4 Å². The molecule has 0 spiro atoms. The zero-order valence-electron chi connectivity index (χ0n) is 17.4. The maximum Gasteiger partial charge on any atom is 0.262 e. The number of anilines is 1. The maximum absolute atomic E-state index is 13.7. The normalized spacial score (nSPS) is 29.7. The zero-order chi connectivity index (χ0) is 21.4. The van der Waals surface area contributed by atoms with E-state index in [4.69, 9.17) is 4.98 Å². The van der Waals surface area contributed by atoms with Crippen molar-refractivity contribution in [2.24, 2.45) is 5.92 Å². The van der Waals surface area contributed by atoms with Gasteiger partial charge in [-0.2, -0.15) is 0 Å². The van der Waals surface area contributed by atoms with Gasteiger partial charge in [0.2, 0.25) is 0 Å². The van der Waals surface area contributed by atoms with E-state index in [1.54, 1.807) is 6.07 Å². The van der Waals surface area contributed by atoms with E-state index in [0.717, 1.165) is 42.8 Å². The van der Waals surface area contributed by atoms with Gasteiger partial charge in [0.1, 0.15) is 11.4 Å². The molecule has 4 fully saturated rings. The molecule has 1 amide bonds. The minimum atomic E-state index is -1.45. The Kier molecular flexibility index (Phi) is 5.25. The van der Waals surface area contributed by atoms with Gasteiger partial charge in [0, 0.05) is 37.4 Å². The van der Waals surface area contributed by atoms with Crippen LogP contribution in [0.4, 0.5) is 10.2 Å². The van der Waals surface area contributed by atoms with Crippen LogP contribution in [0.2, 0.25) is 0 Å². The standard InChI is InChI=1S/C25H26FN3O2/c26-21-11-15-29(24(21)30)23-7-6-19(22(27-23)16-18-4-2-1-3-5-18)8-12-25(31)17-28-13-9-20(25)10-14-28/h1-7,20-21,31H,9-11,13-17H2/t21-,25+/m0/s1. The van der Waals surface area contributed by atoms with Crippen molar-refractivity contribution >= 4 is 11.7 Å². The molecule has 5 nitrogen and oxygen atoms in total. The minimum Gasteiger partial charge on any atom is -0.376 e. The predicted molar refractivity (Wildman–Crippen MR) is 116 cm³/mol. The molecular formula is C25H26FN3O2. The van der Waals surface area contributed by atoms with E-state index in [0.29, 0.717) is 25.3 Å². The lowest BCUT2D eigenvalue weighted by molar-refractivity contribution is -0.121. The minimum absolute atomic E-state index is 0.195. The first-order valence-corrected chi connectivity index (χ1v) is 11.0. The van der Waals surface area contributed by atoms with Crippen molar-refractivity contribution in [1.82, 2.24) is 9.88 Å². The van der Waals surface area contributed by atoms with E-state index in [-0.39, 0.29) is 12.3 Å². The Bertz CT molecular complexity index is 1040. The number of benzene rings is 1. The maximum atomic E-state index is 13.7. The number of fused-ring (bicyclic) bond motifs is 3. The summed E-state index contributed by atoms with van der Waals surface area (Å²) in [5.41, 5.74) is 1.55. The van der Waals surface area contributed by atoms with Crippen LogP contribution in [0.3, 0.4) is 0 Å². The summed E-state index contributed by atoms with van der Waals surface area (Å²) in [5.74, 6) is 6.50. The summed E-state index contributed by atoms with van der Waals surface area (Å²) in [4.78, 5) is 20.6. The predicted octanol–water partition coefficient (Wildman–Crippen LogP) is 2.56. The molecule has 6 rings (SSSR count). The van der Waals surface area contributed by atoms with Crippen LogP contribution in [0.5, 0.6) is 0 Å². The van der Waals surface area contributed by atoms with Gasteiger partial charge < -0.3 is 5.11 Å². The Morgan fingerprint density at radius 3 is 2.52 bits per heavy atom. The SMILES string of the molecule is O=C1[C@@H](F)CCN1c1ccc(C#C[C@@]2(O)CN3CCC2CC3)c(Cc2ccccc2)n1. The smallest absolute Gasteiger partial charge is 0.262 e. The number of piperidine rings is 3. The van der Waals surface area contributed by atoms with Gasteiger partial charge in [0.05, 0.1) is 5.69 Å². The quantitative estimate of drug-likeness (QED) is 0.777. The van der Waals surface area contributed by atoms with Crippen LogP contribution < -0.4 is 4.90 Å². The number of halogens is 1. The molecule has 0 saturated carbocycles. The van der Waals surface area contributed by atoms with E-state index in [2.05, 4.69) is 16.7 Å². The molecule has 2 bridgehead atoms. The van der Waals surface area contributed by atoms with Gasteiger partial charge in [-0.15, -0.1) is 0 Å². The number of aliphatic hydroxyl groups is 1. The van der Waals surface area contributed by atoms with Crippen LogP contribution in [0, 0.1) is 17.8 Å². The second-order valence-corrected chi connectivity index (χ2v) is 8.80. The van der Waals surface area contributed by atoms with Crippen molar-refractivity contribution in [3.05, 3.63) is 59.3 Å². The number of hydrogen-bond donors (Lipinski definition) is 1. The third kappa shape index (κ3) is 3.96. The summed E-state index contributed by atoms with van der Waals surface area (Å²) in [6, 6.07) is 13.5. The Morgan fingerprint density at radius 2 is 1.87 bits per heavy atom. The van der Waals surface area contributed by atoms with Crippen molar-refractivity contribution in [3.63, 3.8) is 0 Å². The fraction of sp³-hybridized carbons (Fsp3) is 0.440. The molecule has 1 aromatic carbocycles. The van der Waals surface area contributed by atoms with Crippen LogP contribution in [-0.2, 0) is 11.2 Å². The molecule has 160 valence electrons. The Labute approximate surface area is 181 Å². The van der Waals surface area contributed by atoms with E-state index < -0.39 is 17.7 Å². The Hall–Kier alpha value is -2.75. The van der Waals surface area contributed by atoms with Gasteiger partial charge >= 0.3 is 0 Å². The number of aromatic nitrogens is 1. The number of pyridine rings is 1. The number of rotatable bonds is 3. The van der Waals surface area contributed by atoms with E-state index in [9.17, 15) is 14.3 Å². The highest BCUT2D eigenvalue weighted by atomic mass is 19.1. The zero-order valence-corrected chi connectivity index (χ0v) is 17.4. The molecular weight excluding hydrogens is 393 g/mol. The second-order valence-electron chi connectivity index (χ2n) is 8.80. The van der Waals surface area contributed by atoms with Crippen LogP contribution in [0.15, 0.2) is 42.5 Å². The highest BCUT2D eigenvalue weighted by Gasteiger charge is 2.44. The lowest BCUT2D eigenvalue weighted by atomic mass is 9.75. The fourth-order valence-corrected chi connectivity index (χ4v) is 4.91. The van der Waals surface area contributed by atoms with Crippen molar-refractivity contribution in [1.29, 1.82) is 0 Å². The summed E-state index contributed by atoms with van der Waals surface area (Å²) in [5, 5.41) is 11.2. The van der Waals surface area contributed by atoms with Crippen molar-refractivity contribution in [2.75, 3.05) is 31.1 Å². The number of amides is 1. The molecule has 4 saturated heterocycles. The first-order valence-electron chi connectivity index (χ1n) is 11.0. The summed E-state index contributed by atoms with van der Waals surface area (Å²) < 4.78 is 13.7. The monoisotopic (exact) mass is 419 g/mol. The third-order valence-corrected chi connectivity index (χ3v) is 6.73. The van der Waals surface area contributed by atoms with Crippen LogP contribution in [0.25, 0.3) is 0 Å². The van der Waals surface area contributed by atoms with Crippen LogP contribution in [-0.4, -0.2) is 58.8 Å². The highest BCUT2D eigenvalue weighted by molar-refractivity contribution is 5.97. The Morgan fingerprint density at radius 1 is 1.10 bits per heavy atom. The molecule has 0 aliphatic carbocycles. The van der Waals surface area contributed by atoms with Gasteiger partial charge in [-0.1, -0.05) is 42.2 Å². The summed E-state index contributed by atoms with van der Waals surface area (Å²) in [7, 11) is 0. The van der Waals surface area contributed by atoms with E-state index in [1.165, 1.54) is 4.90 Å². The molecule has 0 radical (unpaired) electrons. The molecule has 5 heterocycles. The van der Waals surface area contributed by atoms with Crippen LogP contribution >= 0.6 is 0 Å². The van der Waals surface area contributed by atoms with Gasteiger partial charge in [0.15, 0.2) is 6.17 Å². The number of alkyl halides is 1. The summed E-state index contributed by atoms with van der Waals surface area (Å²) in [6.45, 7) is 2.98. The summed E-state index contributed by atoms with van der Waals surface area (Å²) in [6.07, 6.45) is 1.24. The Balaban J connectivity index is 1.49. The third-order valence-electron chi connectivity index (χ3n) is 6.73. The average Bonchev–Trinajstić information content (AvgIpc) is 3.12. The molecule has 1 N–H and O–H groups in total. The molecule has 0 unspecified atom stereocenters. The van der Waals surface area contributed by atoms with Gasteiger partial charge in [-0.05, 0) is 43.6 Å². The fourth-order valence-electron chi connectivity index (χ4n) is 4.91.